The summed E-state index contributed by atoms with van der Waals surface area (Å²) in [6, 6.07) is 7.51. The van der Waals surface area contributed by atoms with Gasteiger partial charge in [-0.2, -0.15) is 13.2 Å². The molecule has 246 valence electrons. The smallest absolute Gasteiger partial charge is 0.408 e. The van der Waals surface area contributed by atoms with Crippen molar-refractivity contribution in [2.24, 2.45) is 7.05 Å². The number of carboxylic acid groups (broad SMARTS) is 1. The minimum absolute atomic E-state index is 0.212. The maximum absolute atomic E-state index is 14.9. The van der Waals surface area contributed by atoms with Gasteiger partial charge in [-0.25, -0.2) is 18.6 Å². The number of para-hydroxylation sites is 1. The Morgan fingerprint density at radius 2 is 1.77 bits per heavy atom. The van der Waals surface area contributed by atoms with Crippen molar-refractivity contribution in [3.8, 4) is 16.9 Å². The molecule has 0 unspecified atom stereocenters. The number of halogens is 5. The molecule has 3 N–H and O–H groups in total. The SMILES string of the molecule is CC[C@@H](Nc1cc(F)c(C(=O)N[C@@H](Cc2ccc(-c3c(OC)c4ccccc4n(C)c3=O)c3nccn23)C(=O)O)c(F)c1)C(F)(F)F. The number of benzene rings is 2. The Bertz CT molecular complexity index is 2050. The van der Waals surface area contributed by atoms with Crippen LogP contribution in [0.3, 0.4) is 0 Å². The summed E-state index contributed by atoms with van der Waals surface area (Å²) in [6.45, 7) is 1.23. The molecule has 0 bridgehead atoms. The average Bonchev–Trinajstić information content (AvgIpc) is 3.51. The minimum Gasteiger partial charge on any atom is -0.495 e. The Hall–Kier alpha value is -5.47. The average molecular weight is 658 g/mol. The van der Waals surface area contributed by atoms with Gasteiger partial charge in [-0.1, -0.05) is 19.1 Å². The molecule has 0 spiro atoms. The molecule has 0 saturated heterocycles. The second kappa shape index (κ2) is 12.7. The molecule has 2 aromatic carbocycles. The normalized spacial score (nSPS) is 13.0. The zero-order valence-corrected chi connectivity index (χ0v) is 25.2. The lowest BCUT2D eigenvalue weighted by Gasteiger charge is -2.22. The molecular weight excluding hydrogens is 629 g/mol. The molecule has 0 aliphatic carbocycles. The van der Waals surface area contributed by atoms with Crippen molar-refractivity contribution >= 4 is 34.1 Å². The van der Waals surface area contributed by atoms with E-state index in [1.165, 1.54) is 41.5 Å². The number of rotatable bonds is 10. The Labute approximate surface area is 263 Å². The van der Waals surface area contributed by atoms with Crippen molar-refractivity contribution in [1.82, 2.24) is 19.3 Å². The number of amides is 1. The summed E-state index contributed by atoms with van der Waals surface area (Å²) < 4.78 is 77.7. The number of carbonyl (C=O) groups excluding carboxylic acids is 1. The van der Waals surface area contributed by atoms with Gasteiger partial charge in [-0.3, -0.25) is 9.59 Å². The standard InChI is InChI=1S/C32H28F5N5O5/c1-4-24(32(35,36)37)39-16-13-20(33)26(21(34)14-16)29(43)40-22(31(45)46)15-17-9-10-19(28-38-11-12-42(17)28)25-27(47-3)18-7-5-6-8-23(18)41(2)30(25)44/h5-14,22,24,39H,4,15H2,1-3H3,(H,40,43)(H,45,46)/t22-,24+/m0/s1. The molecule has 5 rings (SSSR count). The molecule has 0 radical (unpaired) electrons. The van der Waals surface area contributed by atoms with E-state index in [0.29, 0.717) is 40.0 Å². The zero-order chi connectivity index (χ0) is 34.2. The number of nitrogens with zero attached hydrogens (tertiary/aromatic N) is 3. The van der Waals surface area contributed by atoms with Crippen molar-refractivity contribution in [2.75, 3.05) is 12.4 Å². The van der Waals surface area contributed by atoms with Crippen LogP contribution in [0.1, 0.15) is 29.4 Å². The highest BCUT2D eigenvalue weighted by molar-refractivity contribution is 5.98. The number of carbonyl (C=O) groups is 2. The predicted molar refractivity (Wildman–Crippen MR) is 163 cm³/mol. The molecule has 2 atom stereocenters. The maximum atomic E-state index is 14.9. The first-order chi connectivity index (χ1) is 22.3. The zero-order valence-electron chi connectivity index (χ0n) is 25.2. The number of aromatic nitrogens is 3. The van der Waals surface area contributed by atoms with Gasteiger partial charge in [-0.15, -0.1) is 0 Å². The predicted octanol–water partition coefficient (Wildman–Crippen LogP) is 5.32. The molecule has 0 fully saturated rings. The van der Waals surface area contributed by atoms with E-state index in [1.807, 2.05) is 5.32 Å². The number of carboxylic acids is 1. The number of alkyl halides is 3. The Morgan fingerprint density at radius 1 is 1.09 bits per heavy atom. The summed E-state index contributed by atoms with van der Waals surface area (Å²) in [5.74, 6) is -5.62. The second-order valence-corrected chi connectivity index (χ2v) is 10.7. The summed E-state index contributed by atoms with van der Waals surface area (Å²) in [5, 5.41) is 14.7. The summed E-state index contributed by atoms with van der Waals surface area (Å²) in [5.41, 5.74) is -0.269. The Kier molecular flexibility index (Phi) is 8.91. The first kappa shape index (κ1) is 32.9. The van der Waals surface area contributed by atoms with Crippen LogP contribution in [0.2, 0.25) is 0 Å². The maximum Gasteiger partial charge on any atom is 0.408 e. The number of pyridine rings is 2. The van der Waals surface area contributed by atoms with Crippen LogP contribution in [0.15, 0.2) is 65.7 Å². The van der Waals surface area contributed by atoms with E-state index in [9.17, 15) is 41.4 Å². The van der Waals surface area contributed by atoms with Crippen LogP contribution in [0, 0.1) is 11.6 Å². The third kappa shape index (κ3) is 6.20. The molecule has 0 saturated carbocycles. The molecule has 0 aliphatic heterocycles. The Balaban J connectivity index is 1.46. The van der Waals surface area contributed by atoms with Gasteiger partial charge in [0.25, 0.3) is 11.5 Å². The first-order valence-electron chi connectivity index (χ1n) is 14.2. The van der Waals surface area contributed by atoms with Gasteiger partial charge in [0.15, 0.2) is 0 Å². The molecule has 3 aromatic heterocycles. The highest BCUT2D eigenvalue weighted by atomic mass is 19.4. The topological polar surface area (TPSA) is 127 Å². The van der Waals surface area contributed by atoms with Crippen LogP contribution < -0.4 is 20.9 Å². The van der Waals surface area contributed by atoms with Crippen LogP contribution in [-0.4, -0.2) is 56.3 Å². The van der Waals surface area contributed by atoms with Gasteiger partial charge in [0.1, 0.15) is 40.7 Å². The van der Waals surface area contributed by atoms with E-state index in [2.05, 4.69) is 10.3 Å². The minimum atomic E-state index is -4.69. The van der Waals surface area contributed by atoms with Crippen LogP contribution in [0.5, 0.6) is 5.75 Å². The van der Waals surface area contributed by atoms with Crippen molar-refractivity contribution < 1.29 is 41.4 Å². The van der Waals surface area contributed by atoms with Gasteiger partial charge in [-0.05, 0) is 42.8 Å². The molecule has 0 aliphatic rings. The van der Waals surface area contributed by atoms with E-state index in [0.717, 1.165) is 0 Å². The summed E-state index contributed by atoms with van der Waals surface area (Å²) >= 11 is 0. The van der Waals surface area contributed by atoms with E-state index in [1.54, 1.807) is 37.4 Å². The van der Waals surface area contributed by atoms with E-state index in [-0.39, 0.29) is 23.2 Å². The summed E-state index contributed by atoms with van der Waals surface area (Å²) in [4.78, 5) is 43.0. The lowest BCUT2D eigenvalue weighted by Crippen LogP contribution is -2.43. The molecule has 1 amide bonds. The van der Waals surface area contributed by atoms with Crippen molar-refractivity contribution in [3.63, 3.8) is 0 Å². The monoisotopic (exact) mass is 657 g/mol. The largest absolute Gasteiger partial charge is 0.495 e. The van der Waals surface area contributed by atoms with Gasteiger partial charge in [0, 0.05) is 48.2 Å². The van der Waals surface area contributed by atoms with Crippen molar-refractivity contribution in [3.05, 3.63) is 94.2 Å². The number of anilines is 1. The van der Waals surface area contributed by atoms with Gasteiger partial charge < -0.3 is 29.4 Å². The third-order valence-electron chi connectivity index (χ3n) is 7.79. The number of hydrogen-bond donors (Lipinski definition) is 3. The Morgan fingerprint density at radius 3 is 2.38 bits per heavy atom. The molecule has 10 nitrogen and oxygen atoms in total. The lowest BCUT2D eigenvalue weighted by atomic mass is 10.0. The number of fused-ring (bicyclic) bond motifs is 2. The molecule has 3 heterocycles. The van der Waals surface area contributed by atoms with Gasteiger partial charge >= 0.3 is 12.1 Å². The fourth-order valence-electron chi connectivity index (χ4n) is 5.48. The van der Waals surface area contributed by atoms with E-state index < -0.39 is 59.4 Å². The fraction of sp³-hybridized carbons (Fsp3) is 0.250. The molecular formula is C32H28F5N5O5. The van der Waals surface area contributed by atoms with Crippen LogP contribution in [-0.2, 0) is 18.3 Å². The summed E-state index contributed by atoms with van der Waals surface area (Å²) in [7, 11) is 3.05. The van der Waals surface area contributed by atoms with Crippen LogP contribution >= 0.6 is 0 Å². The number of aliphatic carboxylic acids is 1. The lowest BCUT2D eigenvalue weighted by molar-refractivity contribution is -0.143. The number of ether oxygens (including phenoxy) is 1. The van der Waals surface area contributed by atoms with Gasteiger partial charge in [0.05, 0.1) is 18.2 Å². The highest BCUT2D eigenvalue weighted by Crippen LogP contribution is 2.36. The number of methoxy groups -OCH3 is 1. The van der Waals surface area contributed by atoms with Crippen molar-refractivity contribution in [1.29, 1.82) is 0 Å². The number of hydrogen-bond acceptors (Lipinski definition) is 6. The van der Waals surface area contributed by atoms with E-state index in [4.69, 9.17) is 4.74 Å². The molecule has 5 aromatic rings. The second-order valence-electron chi connectivity index (χ2n) is 10.7. The number of imidazole rings is 1. The number of nitrogens with one attached hydrogen (secondary N) is 2. The van der Waals surface area contributed by atoms with Crippen LogP contribution in [0.25, 0.3) is 27.7 Å². The number of aryl methyl sites for hydroxylation is 1. The third-order valence-corrected chi connectivity index (χ3v) is 7.79. The first-order valence-corrected chi connectivity index (χ1v) is 14.2. The highest BCUT2D eigenvalue weighted by Gasteiger charge is 2.38. The fourth-order valence-corrected chi connectivity index (χ4v) is 5.48. The van der Waals surface area contributed by atoms with Gasteiger partial charge in [0.2, 0.25) is 0 Å². The van der Waals surface area contributed by atoms with Crippen LogP contribution in [0.4, 0.5) is 27.6 Å². The summed E-state index contributed by atoms with van der Waals surface area (Å²) in [6.07, 6.45) is -2.55. The van der Waals surface area contributed by atoms with E-state index >= 15 is 0 Å². The molecule has 15 heteroatoms. The van der Waals surface area contributed by atoms with Crippen molar-refractivity contribution in [2.45, 2.75) is 38.0 Å². The quantitative estimate of drug-likeness (QED) is 0.174. The molecule has 47 heavy (non-hydrogen) atoms.